The normalized spacial score (nSPS) is 10.3. The fourth-order valence-electron chi connectivity index (χ4n) is 1.71. The molecule has 0 aliphatic carbocycles. The molecule has 1 aromatic heterocycles. The number of pyridine rings is 1. The van der Waals surface area contributed by atoms with Crippen LogP contribution in [0.1, 0.15) is 27.8 Å². The summed E-state index contributed by atoms with van der Waals surface area (Å²) >= 11 is 5.80. The molecule has 1 aromatic carbocycles. The molecule has 6 heteroatoms. The maximum Gasteiger partial charge on any atom is 0.356 e. The lowest BCUT2D eigenvalue weighted by molar-refractivity contribution is 0.0690. The van der Waals surface area contributed by atoms with E-state index in [9.17, 15) is 9.59 Å². The van der Waals surface area contributed by atoms with Gasteiger partial charge in [-0.05, 0) is 13.0 Å². The van der Waals surface area contributed by atoms with Crippen LogP contribution in [0.4, 0.5) is 5.69 Å². The Morgan fingerprint density at radius 2 is 1.85 bits per heavy atom. The predicted molar refractivity (Wildman–Crippen MR) is 76.1 cm³/mol. The lowest BCUT2D eigenvalue weighted by Crippen LogP contribution is -2.05. The SMILES string of the molecule is CC(=O)c1ccc(-c2cc(N)c(Cl)c(C(=O)O)n2)cc1. The topological polar surface area (TPSA) is 93.3 Å². The van der Waals surface area contributed by atoms with E-state index in [1.54, 1.807) is 24.3 Å². The molecule has 1 heterocycles. The van der Waals surface area contributed by atoms with Gasteiger partial charge in [-0.2, -0.15) is 0 Å². The van der Waals surface area contributed by atoms with Gasteiger partial charge in [-0.1, -0.05) is 35.9 Å². The van der Waals surface area contributed by atoms with Crippen molar-refractivity contribution in [2.75, 3.05) is 5.73 Å². The number of aromatic carboxylic acids is 1. The van der Waals surface area contributed by atoms with Crippen LogP contribution in [0.15, 0.2) is 30.3 Å². The third kappa shape index (κ3) is 2.62. The molecule has 0 fully saturated rings. The molecule has 5 nitrogen and oxygen atoms in total. The largest absolute Gasteiger partial charge is 0.476 e. The average Bonchev–Trinajstić information content (AvgIpc) is 2.41. The molecule has 2 aromatic rings. The van der Waals surface area contributed by atoms with Crippen molar-refractivity contribution in [2.45, 2.75) is 6.92 Å². The van der Waals surface area contributed by atoms with Crippen LogP contribution in [0.3, 0.4) is 0 Å². The van der Waals surface area contributed by atoms with E-state index < -0.39 is 5.97 Å². The number of carboxylic acid groups (broad SMARTS) is 1. The van der Waals surface area contributed by atoms with Crippen LogP contribution in [0.25, 0.3) is 11.3 Å². The number of carboxylic acids is 1. The van der Waals surface area contributed by atoms with Crippen molar-refractivity contribution in [3.05, 3.63) is 46.6 Å². The van der Waals surface area contributed by atoms with Gasteiger partial charge in [-0.25, -0.2) is 9.78 Å². The zero-order chi connectivity index (χ0) is 14.9. The van der Waals surface area contributed by atoms with Crippen molar-refractivity contribution in [3.63, 3.8) is 0 Å². The second-order valence-electron chi connectivity index (χ2n) is 4.20. The molecule has 0 bridgehead atoms. The van der Waals surface area contributed by atoms with Crippen LogP contribution >= 0.6 is 11.6 Å². The summed E-state index contributed by atoms with van der Waals surface area (Å²) in [6, 6.07) is 8.14. The number of carbonyl (C=O) groups is 2. The first-order valence-corrected chi connectivity index (χ1v) is 6.08. The highest BCUT2D eigenvalue weighted by Gasteiger charge is 2.16. The zero-order valence-corrected chi connectivity index (χ0v) is 11.3. The van der Waals surface area contributed by atoms with Gasteiger partial charge in [0, 0.05) is 11.1 Å². The van der Waals surface area contributed by atoms with Gasteiger partial charge in [0.05, 0.1) is 16.4 Å². The Hall–Kier alpha value is -2.40. The van der Waals surface area contributed by atoms with Gasteiger partial charge in [0.25, 0.3) is 0 Å². The minimum absolute atomic E-state index is 0.0497. The number of hydrogen-bond donors (Lipinski definition) is 2. The number of Topliss-reactive ketones (excluding diaryl/α,β-unsaturated/α-hetero) is 1. The molecule has 2 rings (SSSR count). The molecule has 0 unspecified atom stereocenters. The zero-order valence-electron chi connectivity index (χ0n) is 10.6. The summed E-state index contributed by atoms with van der Waals surface area (Å²) in [7, 11) is 0. The Labute approximate surface area is 120 Å². The summed E-state index contributed by atoms with van der Waals surface area (Å²) in [5.41, 5.74) is 7.14. The number of halogens is 1. The lowest BCUT2D eigenvalue weighted by atomic mass is 10.1. The van der Waals surface area contributed by atoms with E-state index in [0.29, 0.717) is 16.8 Å². The molecule has 0 saturated heterocycles. The predicted octanol–water partition coefficient (Wildman–Crippen LogP) is 2.88. The monoisotopic (exact) mass is 290 g/mol. The molecule has 0 amide bonds. The molecular weight excluding hydrogens is 280 g/mol. The highest BCUT2D eigenvalue weighted by atomic mass is 35.5. The quantitative estimate of drug-likeness (QED) is 0.848. The minimum atomic E-state index is -1.25. The van der Waals surface area contributed by atoms with Gasteiger partial charge in [0.1, 0.15) is 0 Å². The molecule has 0 aliphatic rings. The molecular formula is C14H11ClN2O3. The third-order valence-electron chi connectivity index (χ3n) is 2.78. The smallest absolute Gasteiger partial charge is 0.356 e. The summed E-state index contributed by atoms with van der Waals surface area (Å²) in [6.45, 7) is 1.47. The molecule has 3 N–H and O–H groups in total. The Morgan fingerprint density at radius 3 is 2.35 bits per heavy atom. The summed E-state index contributed by atoms with van der Waals surface area (Å²) in [5, 5.41) is 8.95. The molecule has 0 radical (unpaired) electrons. The number of carbonyl (C=O) groups excluding carboxylic acids is 1. The molecule has 0 atom stereocenters. The van der Waals surface area contributed by atoms with Crippen molar-refractivity contribution >= 4 is 29.0 Å². The maximum absolute atomic E-state index is 11.2. The number of anilines is 1. The van der Waals surface area contributed by atoms with Crippen molar-refractivity contribution in [1.82, 2.24) is 4.98 Å². The third-order valence-corrected chi connectivity index (χ3v) is 3.17. The number of nitrogens with zero attached hydrogens (tertiary/aromatic N) is 1. The van der Waals surface area contributed by atoms with Crippen LogP contribution in [0, 0.1) is 0 Å². The Morgan fingerprint density at radius 1 is 1.25 bits per heavy atom. The molecule has 0 aliphatic heterocycles. The Balaban J connectivity index is 2.52. The molecule has 0 spiro atoms. The average molecular weight is 291 g/mol. The maximum atomic E-state index is 11.2. The van der Waals surface area contributed by atoms with Gasteiger partial charge in [0.2, 0.25) is 0 Å². The first kappa shape index (κ1) is 14.0. The number of nitrogens with two attached hydrogens (primary N) is 1. The van der Waals surface area contributed by atoms with E-state index in [4.69, 9.17) is 22.4 Å². The van der Waals surface area contributed by atoms with Gasteiger partial charge < -0.3 is 10.8 Å². The highest BCUT2D eigenvalue weighted by molar-refractivity contribution is 6.35. The van der Waals surface area contributed by atoms with Crippen LogP contribution in [-0.4, -0.2) is 21.8 Å². The summed E-state index contributed by atoms with van der Waals surface area (Å²) < 4.78 is 0. The number of aromatic nitrogens is 1. The van der Waals surface area contributed by atoms with E-state index >= 15 is 0 Å². The first-order chi connectivity index (χ1) is 9.40. The summed E-state index contributed by atoms with van der Waals surface area (Å²) in [5.74, 6) is -1.30. The van der Waals surface area contributed by atoms with E-state index in [1.807, 2.05) is 0 Å². The van der Waals surface area contributed by atoms with Gasteiger partial charge in [0.15, 0.2) is 11.5 Å². The lowest BCUT2D eigenvalue weighted by Gasteiger charge is -2.07. The Bertz CT molecular complexity index is 696. The second-order valence-corrected chi connectivity index (χ2v) is 4.58. The number of ketones is 1. The van der Waals surface area contributed by atoms with Crippen molar-refractivity contribution in [2.24, 2.45) is 0 Å². The van der Waals surface area contributed by atoms with Crippen LogP contribution in [0.5, 0.6) is 0 Å². The number of nitrogen functional groups attached to an aromatic ring is 1. The van der Waals surface area contributed by atoms with Crippen LogP contribution < -0.4 is 5.73 Å². The number of rotatable bonds is 3. The fourth-order valence-corrected chi connectivity index (χ4v) is 1.89. The number of hydrogen-bond acceptors (Lipinski definition) is 4. The van der Waals surface area contributed by atoms with E-state index in [1.165, 1.54) is 13.0 Å². The molecule has 0 saturated carbocycles. The number of benzene rings is 1. The summed E-state index contributed by atoms with van der Waals surface area (Å²) in [4.78, 5) is 26.2. The van der Waals surface area contributed by atoms with E-state index in [-0.39, 0.29) is 22.2 Å². The molecule has 102 valence electrons. The fraction of sp³-hybridized carbons (Fsp3) is 0.0714. The van der Waals surface area contributed by atoms with E-state index in [2.05, 4.69) is 4.98 Å². The Kier molecular flexibility index (Phi) is 3.72. The first-order valence-electron chi connectivity index (χ1n) is 5.71. The van der Waals surface area contributed by atoms with Crippen molar-refractivity contribution in [3.8, 4) is 11.3 Å². The second kappa shape index (κ2) is 5.30. The van der Waals surface area contributed by atoms with Crippen LogP contribution in [0.2, 0.25) is 5.02 Å². The van der Waals surface area contributed by atoms with Crippen molar-refractivity contribution in [1.29, 1.82) is 0 Å². The van der Waals surface area contributed by atoms with Gasteiger partial charge >= 0.3 is 5.97 Å². The van der Waals surface area contributed by atoms with E-state index in [0.717, 1.165) is 0 Å². The van der Waals surface area contributed by atoms with Crippen molar-refractivity contribution < 1.29 is 14.7 Å². The molecule has 20 heavy (non-hydrogen) atoms. The summed E-state index contributed by atoms with van der Waals surface area (Å²) in [6.07, 6.45) is 0. The standard InChI is InChI=1S/C14H11ClN2O3/c1-7(18)8-2-4-9(5-3-8)11-6-10(16)12(15)13(17-11)14(19)20/h2-6H,1H3,(H2,16,17)(H,19,20). The highest BCUT2D eigenvalue weighted by Crippen LogP contribution is 2.28. The van der Waals surface area contributed by atoms with Gasteiger partial charge in [-0.15, -0.1) is 0 Å². The van der Waals surface area contributed by atoms with Gasteiger partial charge in [-0.3, -0.25) is 4.79 Å². The minimum Gasteiger partial charge on any atom is -0.476 e. The van der Waals surface area contributed by atoms with Crippen LogP contribution in [-0.2, 0) is 0 Å².